The van der Waals surface area contributed by atoms with Crippen LogP contribution < -0.4 is 34.7 Å². The summed E-state index contributed by atoms with van der Waals surface area (Å²) in [5.74, 6) is -2.61. The summed E-state index contributed by atoms with van der Waals surface area (Å²) in [6.45, 7) is 3.30. The molecule has 0 spiro atoms. The molecule has 2 N–H and O–H groups in total. The maximum absolute atomic E-state index is 12.3. The van der Waals surface area contributed by atoms with Crippen molar-refractivity contribution in [3.8, 4) is 0 Å². The second-order valence-electron chi connectivity index (χ2n) is 6.39. The zero-order valence-corrected chi connectivity index (χ0v) is 19.3. The number of aliphatic hydroxyl groups is 2. The summed E-state index contributed by atoms with van der Waals surface area (Å²) in [4.78, 5) is 30.3. The van der Waals surface area contributed by atoms with Crippen LogP contribution in [0.3, 0.4) is 0 Å². The molecular weight excluding hydrogens is 419 g/mol. The number of thioether (sulfide) groups is 1. The number of aliphatic hydroxyl groups excluding tert-OH is 2. The zero-order valence-electron chi connectivity index (χ0n) is 14.8. The Hall–Kier alpha value is -0.460. The van der Waals surface area contributed by atoms with Gasteiger partial charge in [-0.1, -0.05) is 30.0 Å². The van der Waals surface area contributed by atoms with E-state index in [4.69, 9.17) is 0 Å². The van der Waals surface area contributed by atoms with Crippen molar-refractivity contribution in [3.05, 3.63) is 21.5 Å². The second kappa shape index (κ2) is 7.75. The van der Waals surface area contributed by atoms with Gasteiger partial charge in [0.1, 0.15) is 4.01 Å². The molecule has 1 fully saturated rings. The molecule has 0 bridgehead atoms. The molecule has 4 atom stereocenters. The Labute approximate surface area is 189 Å². The number of rotatable bonds is 5. The SMILES string of the molecule is C[C@@H](O)[C@H]1C(=O)N2C(C(=O)[O-])=C(Sc3nc4c(CO)csc4s3)[C@H](C)[C@H]12.[Na+]. The first-order valence-electron chi connectivity index (χ1n) is 7.97. The Kier molecular flexibility index (Phi) is 6.10. The minimum absolute atomic E-state index is 0. The summed E-state index contributed by atoms with van der Waals surface area (Å²) in [5.41, 5.74) is 1.36. The molecule has 11 heteroatoms. The third kappa shape index (κ3) is 3.20. The van der Waals surface area contributed by atoms with E-state index in [1.54, 1.807) is 6.92 Å². The van der Waals surface area contributed by atoms with E-state index in [0.29, 0.717) is 9.24 Å². The van der Waals surface area contributed by atoms with E-state index in [1.807, 2.05) is 12.3 Å². The van der Waals surface area contributed by atoms with Crippen LogP contribution in [0.5, 0.6) is 0 Å². The summed E-state index contributed by atoms with van der Waals surface area (Å²) in [6, 6.07) is -0.369. The van der Waals surface area contributed by atoms with Gasteiger partial charge in [0.05, 0.1) is 41.9 Å². The number of carboxylic acids is 1. The fourth-order valence-electron chi connectivity index (χ4n) is 3.65. The van der Waals surface area contributed by atoms with Gasteiger partial charge in [-0.15, -0.1) is 11.3 Å². The zero-order chi connectivity index (χ0) is 18.7. The Balaban J connectivity index is 0.00000210. The molecule has 4 rings (SSSR count). The number of aliphatic carboxylic acids is 1. The first-order chi connectivity index (χ1) is 12.3. The number of hydrogen-bond donors (Lipinski definition) is 2. The maximum Gasteiger partial charge on any atom is 1.00 e. The molecule has 1 saturated heterocycles. The third-order valence-corrected chi connectivity index (χ3v) is 8.40. The average molecular weight is 434 g/mol. The van der Waals surface area contributed by atoms with Gasteiger partial charge in [-0.05, 0) is 12.3 Å². The summed E-state index contributed by atoms with van der Waals surface area (Å²) < 4.78 is 1.62. The van der Waals surface area contributed by atoms with Gasteiger partial charge in [-0.3, -0.25) is 4.79 Å². The predicted molar refractivity (Wildman–Crippen MR) is 96.3 cm³/mol. The van der Waals surface area contributed by atoms with E-state index in [-0.39, 0.29) is 59.7 Å². The molecule has 1 amide bonds. The average Bonchev–Trinajstić information content (AvgIpc) is 3.19. The molecule has 0 saturated carbocycles. The van der Waals surface area contributed by atoms with Gasteiger partial charge in [0.2, 0.25) is 5.91 Å². The number of fused-ring (bicyclic) bond motifs is 2. The molecule has 0 unspecified atom stereocenters. The Morgan fingerprint density at radius 2 is 2.22 bits per heavy atom. The van der Waals surface area contributed by atoms with Crippen LogP contribution in [-0.4, -0.2) is 44.1 Å². The number of hydrogen-bond acceptors (Lipinski definition) is 9. The minimum atomic E-state index is -1.39. The van der Waals surface area contributed by atoms with E-state index < -0.39 is 18.0 Å². The molecule has 0 aliphatic carbocycles. The van der Waals surface area contributed by atoms with Crippen molar-refractivity contribution in [2.75, 3.05) is 0 Å². The molecule has 7 nitrogen and oxygen atoms in total. The van der Waals surface area contributed by atoms with Crippen molar-refractivity contribution in [2.24, 2.45) is 11.8 Å². The molecule has 27 heavy (non-hydrogen) atoms. The van der Waals surface area contributed by atoms with Crippen molar-refractivity contribution in [1.82, 2.24) is 9.88 Å². The van der Waals surface area contributed by atoms with Crippen molar-refractivity contribution in [3.63, 3.8) is 0 Å². The van der Waals surface area contributed by atoms with Crippen LogP contribution in [0.1, 0.15) is 19.4 Å². The number of carbonyl (C=O) groups is 2. The number of carboxylic acid groups (broad SMARTS) is 1. The molecular formula is C16H15N2NaO5S3. The van der Waals surface area contributed by atoms with Gasteiger partial charge in [-0.25, -0.2) is 4.98 Å². The molecule has 0 aromatic carbocycles. The smallest absolute Gasteiger partial charge is 0.543 e. The number of carbonyl (C=O) groups excluding carboxylic acids is 2. The molecule has 2 aromatic rings. The minimum Gasteiger partial charge on any atom is -0.543 e. The molecule has 4 heterocycles. The fraction of sp³-hybridized carbons (Fsp3) is 0.438. The first kappa shape index (κ1) is 21.3. The van der Waals surface area contributed by atoms with E-state index >= 15 is 0 Å². The number of nitrogens with zero attached hydrogens (tertiary/aromatic N) is 2. The Morgan fingerprint density at radius 1 is 1.52 bits per heavy atom. The van der Waals surface area contributed by atoms with E-state index in [9.17, 15) is 24.9 Å². The van der Waals surface area contributed by atoms with Gasteiger partial charge in [-0.2, -0.15) is 0 Å². The van der Waals surface area contributed by atoms with Crippen LogP contribution in [0.15, 0.2) is 20.3 Å². The Bertz CT molecular complexity index is 953. The quantitative estimate of drug-likeness (QED) is 0.404. The monoisotopic (exact) mass is 434 g/mol. The number of amides is 1. The van der Waals surface area contributed by atoms with E-state index in [1.165, 1.54) is 39.3 Å². The Morgan fingerprint density at radius 3 is 2.81 bits per heavy atom. The van der Waals surface area contributed by atoms with Crippen LogP contribution in [0.2, 0.25) is 0 Å². The summed E-state index contributed by atoms with van der Waals surface area (Å²) >= 11 is 4.13. The first-order valence-corrected chi connectivity index (χ1v) is 10.5. The molecule has 138 valence electrons. The normalized spacial score (nSPS) is 25.4. The summed E-state index contributed by atoms with van der Waals surface area (Å²) in [5, 5.41) is 32.8. The number of thiazole rings is 1. The van der Waals surface area contributed by atoms with E-state index in [0.717, 1.165) is 15.1 Å². The van der Waals surface area contributed by atoms with Crippen LogP contribution >= 0.6 is 34.4 Å². The van der Waals surface area contributed by atoms with Crippen molar-refractivity contribution in [2.45, 2.75) is 36.9 Å². The van der Waals surface area contributed by atoms with Crippen molar-refractivity contribution >= 4 is 55.8 Å². The molecule has 2 aromatic heterocycles. The van der Waals surface area contributed by atoms with Crippen molar-refractivity contribution in [1.29, 1.82) is 0 Å². The van der Waals surface area contributed by atoms with Crippen LogP contribution in [0, 0.1) is 11.8 Å². The summed E-state index contributed by atoms with van der Waals surface area (Å²) in [6.07, 6.45) is -0.837. The third-order valence-electron chi connectivity index (χ3n) is 4.86. The maximum atomic E-state index is 12.3. The number of β-lactam (4-membered cyclic amide) rings is 1. The molecule has 2 aliphatic heterocycles. The summed E-state index contributed by atoms with van der Waals surface area (Å²) in [7, 11) is 0. The molecule has 2 aliphatic rings. The van der Waals surface area contributed by atoms with Gasteiger partial charge in [0, 0.05) is 16.4 Å². The predicted octanol–water partition coefficient (Wildman–Crippen LogP) is -2.23. The van der Waals surface area contributed by atoms with Crippen molar-refractivity contribution < 1.29 is 54.5 Å². The topological polar surface area (TPSA) is 114 Å². The van der Waals surface area contributed by atoms with Gasteiger partial charge in [0.25, 0.3) is 0 Å². The standard InChI is InChI=1S/C16H16N2O5S3.Na/c1-5-10-8(6(2)20)13(21)18(10)11(14(22)23)12(5)25-16-17-9-7(3-19)4-24-15(9)26-16;/h4-6,8,10,19-20H,3H2,1-2H3,(H,22,23);/q;+1/p-1/t5-,6-,8-,10-;/m1./s1. The van der Waals surface area contributed by atoms with Gasteiger partial charge < -0.3 is 25.0 Å². The largest absolute Gasteiger partial charge is 1.00 e. The molecule has 0 radical (unpaired) electrons. The van der Waals surface area contributed by atoms with Crippen LogP contribution in [-0.2, 0) is 16.2 Å². The second-order valence-corrected chi connectivity index (χ2v) is 9.82. The van der Waals surface area contributed by atoms with Crippen LogP contribution in [0.4, 0.5) is 0 Å². The van der Waals surface area contributed by atoms with Gasteiger partial charge >= 0.3 is 29.6 Å². The fourth-order valence-corrected chi connectivity index (χ4v) is 7.29. The van der Waals surface area contributed by atoms with Crippen LogP contribution in [0.25, 0.3) is 9.53 Å². The van der Waals surface area contributed by atoms with Gasteiger partial charge in [0.15, 0.2) is 4.34 Å². The number of aromatic nitrogens is 1. The number of thiophene rings is 1. The van der Waals surface area contributed by atoms with E-state index in [2.05, 4.69) is 4.98 Å².